The Kier molecular flexibility index (Phi) is 12.0. The average Bonchev–Trinajstić information content (AvgIpc) is 3.70. The van der Waals surface area contributed by atoms with E-state index in [1.807, 2.05) is 0 Å². The van der Waals surface area contributed by atoms with E-state index in [2.05, 4.69) is 35.8 Å². The van der Waals surface area contributed by atoms with Gasteiger partial charge in [-0.3, -0.25) is 29.4 Å². The molecule has 4 heterocycles. The van der Waals surface area contributed by atoms with Crippen molar-refractivity contribution < 1.29 is 66.9 Å². The summed E-state index contributed by atoms with van der Waals surface area (Å²) in [5.41, 5.74) is -2.07. The van der Waals surface area contributed by atoms with Crippen molar-refractivity contribution in [1.82, 2.24) is 40.5 Å². The number of anilines is 1. The molecule has 2 aliphatic rings. The molecule has 5 N–H and O–H groups in total. The van der Waals surface area contributed by atoms with E-state index in [0.717, 1.165) is 45.6 Å². The van der Waals surface area contributed by atoms with Gasteiger partial charge in [0.15, 0.2) is 16.9 Å². The number of amides is 4. The van der Waals surface area contributed by atoms with Gasteiger partial charge in [-0.25, -0.2) is 24.0 Å². The summed E-state index contributed by atoms with van der Waals surface area (Å²) >= 11 is 2.53. The number of tetrazole rings is 1. The van der Waals surface area contributed by atoms with Gasteiger partial charge < -0.3 is 25.5 Å². The van der Waals surface area contributed by atoms with Crippen LogP contribution in [-0.2, 0) is 40.2 Å². The van der Waals surface area contributed by atoms with Crippen LogP contribution in [0.4, 0.5) is 23.1 Å². The number of carboxylic acids is 2. The normalized spacial score (nSPS) is 18.2. The number of hydrogen-bond acceptors (Lipinski definition) is 16. The number of hydrogen-bond donors (Lipinski definition) is 5. The van der Waals surface area contributed by atoms with E-state index >= 15 is 0 Å². The molecule has 1 saturated heterocycles. The molecule has 0 aliphatic carbocycles. The number of thiazole rings is 1. The summed E-state index contributed by atoms with van der Waals surface area (Å²) in [7, 11) is 1.07. The molecule has 0 spiro atoms. The molecule has 21 nitrogen and oxygen atoms in total. The number of nitrogens with one attached hydrogen (secondary N) is 2. The summed E-state index contributed by atoms with van der Waals surface area (Å²) in [5.74, 6) is -7.26. The quantitative estimate of drug-likeness (QED) is 0.0760. The van der Waals surface area contributed by atoms with Crippen molar-refractivity contribution in [1.29, 1.82) is 0 Å². The Morgan fingerprint density at radius 2 is 1.88 bits per heavy atom. The number of nitrogens with zero attached hydrogens (tertiary/aromatic N) is 8. The van der Waals surface area contributed by atoms with Gasteiger partial charge in [0, 0.05) is 16.9 Å². The number of aromatic nitrogens is 5. The first-order chi connectivity index (χ1) is 24.2. The number of carbonyl (C=O) groups excluding carboxylic acids is 3. The van der Waals surface area contributed by atoms with Crippen molar-refractivity contribution in [3.63, 3.8) is 0 Å². The van der Waals surface area contributed by atoms with Gasteiger partial charge in [-0.05, 0) is 36.8 Å². The number of β-lactam (4-membered cyclic amide) rings is 1. The van der Waals surface area contributed by atoms with E-state index < -0.39 is 82.4 Å². The molecule has 282 valence electrons. The fourth-order valence-corrected chi connectivity index (χ4v) is 7.48. The summed E-state index contributed by atoms with van der Waals surface area (Å²) in [5, 5.41) is 47.9. The molecule has 52 heavy (non-hydrogen) atoms. The van der Waals surface area contributed by atoms with Gasteiger partial charge in [-0.15, -0.1) is 28.2 Å². The Hall–Kier alpha value is -5.02. The summed E-state index contributed by atoms with van der Waals surface area (Å²) in [6.45, 7) is 3.96. The smallest absolute Gasteiger partial charge is 0.471 e. The van der Waals surface area contributed by atoms with Gasteiger partial charge in [0.2, 0.25) is 5.16 Å². The number of thioether (sulfide) groups is 2. The highest BCUT2D eigenvalue weighted by Gasteiger charge is 2.54. The Bertz CT molecular complexity index is 1830. The molecule has 2 aromatic heterocycles. The number of carboxylic acid groups (broad SMARTS) is 3. The third-order valence-electron chi connectivity index (χ3n) is 6.51. The van der Waals surface area contributed by atoms with E-state index in [0.29, 0.717) is 11.3 Å². The lowest BCUT2D eigenvalue weighted by Gasteiger charge is -2.49. The Morgan fingerprint density at radius 3 is 2.46 bits per heavy atom. The molecule has 0 radical (unpaired) electrons. The van der Waals surface area contributed by atoms with Gasteiger partial charge >= 0.3 is 30.1 Å². The monoisotopic (exact) mass is 796 g/mol. The minimum absolute atomic E-state index is 0.00934. The molecule has 3 atom stereocenters. The van der Waals surface area contributed by atoms with Crippen LogP contribution in [0.25, 0.3) is 0 Å². The number of aliphatic carboxylic acids is 2. The lowest BCUT2D eigenvalue weighted by molar-refractivity contribution is -0.228. The summed E-state index contributed by atoms with van der Waals surface area (Å²) in [4.78, 5) is 88.5. The summed E-state index contributed by atoms with van der Waals surface area (Å²) in [6, 6.07) is -3.05. The zero-order valence-electron chi connectivity index (χ0n) is 27.0. The van der Waals surface area contributed by atoms with Crippen LogP contribution in [0.1, 0.15) is 26.5 Å². The van der Waals surface area contributed by atoms with Crippen LogP contribution in [0, 0.1) is 0 Å². The van der Waals surface area contributed by atoms with E-state index in [9.17, 15) is 57.3 Å². The van der Waals surface area contributed by atoms with Crippen molar-refractivity contribution in [3.8, 4) is 0 Å². The number of rotatable bonds is 14. The van der Waals surface area contributed by atoms with E-state index in [1.54, 1.807) is 5.32 Å². The van der Waals surface area contributed by atoms with Crippen molar-refractivity contribution in [2.75, 3.05) is 23.9 Å². The first-order valence-electron chi connectivity index (χ1n) is 14.2. The van der Waals surface area contributed by atoms with Gasteiger partial charge in [-0.1, -0.05) is 16.9 Å². The molecule has 0 saturated carbocycles. The number of halogens is 3. The van der Waals surface area contributed by atoms with Crippen LogP contribution >= 0.6 is 34.9 Å². The Labute approximate surface area is 301 Å². The summed E-state index contributed by atoms with van der Waals surface area (Å²) in [6.07, 6.45) is -6.88. The highest BCUT2D eigenvalue weighted by Crippen LogP contribution is 2.41. The predicted molar refractivity (Wildman–Crippen MR) is 171 cm³/mol. The predicted octanol–water partition coefficient (Wildman–Crippen LogP) is 0.675. The molecule has 0 bridgehead atoms. The van der Waals surface area contributed by atoms with Crippen molar-refractivity contribution in [2.24, 2.45) is 5.16 Å². The van der Waals surface area contributed by atoms with Crippen LogP contribution in [-0.4, -0.2) is 140 Å². The minimum atomic E-state index is -5.20. The number of hydroxylamine groups is 2. The van der Waals surface area contributed by atoms with Crippen LogP contribution in [0.15, 0.2) is 27.0 Å². The topological polar surface area (TPSA) is 281 Å². The van der Waals surface area contributed by atoms with Crippen LogP contribution in [0.2, 0.25) is 0 Å². The number of oxime groups is 1. The minimum Gasteiger partial charge on any atom is -0.480 e. The summed E-state index contributed by atoms with van der Waals surface area (Å²) < 4.78 is 38.9. The zero-order chi connectivity index (χ0) is 38.7. The lowest BCUT2D eigenvalue weighted by atomic mass is 10.0. The van der Waals surface area contributed by atoms with Crippen LogP contribution < -0.4 is 10.6 Å². The molecule has 2 unspecified atom stereocenters. The first kappa shape index (κ1) is 39.8. The van der Waals surface area contributed by atoms with Gasteiger partial charge in [0.1, 0.15) is 29.9 Å². The number of fused-ring (bicyclic) bond motifs is 1. The van der Waals surface area contributed by atoms with Crippen LogP contribution in [0.5, 0.6) is 0 Å². The SMILES string of the molecule is CON=C(C(=O)NC1C(=O)N2C(C(=O)O)=C(CSc3nnnn3CC(C(=O)O)N(OC(C)(C)C)C(=O)O)CS[C@@H]12)c1csc(NC(=O)C(F)(F)F)n1. The highest BCUT2D eigenvalue weighted by atomic mass is 32.2. The second-order valence-corrected chi connectivity index (χ2v) is 14.2. The standard InChI is InChI=1S/C25H27F3N10O11S3/c1-24(2,3)49-38(23(46)47)11(18(41)42)5-36-22(32-34-35-36)52-7-9-6-50-17-13(16(40)37(17)14(9)19(43)44)30-15(39)12(33-48-4)10-8-51-21(29-10)31-20(45)25(26,27)28/h8,11,13,17H,5-7H2,1-4H3,(H,30,39)(H,41,42)(H,43,44)(H,46,47)(H,29,31,45)/t11?,13?,17-/m0/s1. The first-order valence-corrected chi connectivity index (χ1v) is 17.1. The fourth-order valence-electron chi connectivity index (χ4n) is 4.42. The molecule has 0 aromatic carbocycles. The van der Waals surface area contributed by atoms with Crippen molar-refractivity contribution in [2.45, 2.75) is 61.7 Å². The van der Waals surface area contributed by atoms with Crippen molar-refractivity contribution in [3.05, 3.63) is 22.3 Å². The number of carbonyl (C=O) groups is 6. The second-order valence-electron chi connectivity index (χ2n) is 11.3. The van der Waals surface area contributed by atoms with E-state index in [-0.39, 0.29) is 38.7 Å². The second kappa shape index (κ2) is 15.7. The Morgan fingerprint density at radius 1 is 1.19 bits per heavy atom. The van der Waals surface area contributed by atoms with E-state index in [1.165, 1.54) is 20.8 Å². The van der Waals surface area contributed by atoms with Gasteiger partial charge in [0.05, 0.1) is 12.1 Å². The number of alkyl halides is 3. The third-order valence-corrected chi connectivity index (χ3v) is 9.65. The largest absolute Gasteiger partial charge is 0.480 e. The van der Waals surface area contributed by atoms with Crippen LogP contribution in [0.3, 0.4) is 0 Å². The van der Waals surface area contributed by atoms with Gasteiger partial charge in [-0.2, -0.15) is 18.2 Å². The zero-order valence-corrected chi connectivity index (χ0v) is 29.4. The third kappa shape index (κ3) is 9.06. The lowest BCUT2D eigenvalue weighted by Crippen LogP contribution is -2.71. The molecule has 4 amide bonds. The maximum Gasteiger partial charge on any atom is 0.471 e. The molecule has 2 aromatic rings. The average molecular weight is 797 g/mol. The maximum absolute atomic E-state index is 13.2. The van der Waals surface area contributed by atoms with Gasteiger partial charge in [0.25, 0.3) is 11.8 Å². The molecular weight excluding hydrogens is 770 g/mol. The fraction of sp³-hybridized carbons (Fsp3) is 0.480. The molecule has 27 heteroatoms. The highest BCUT2D eigenvalue weighted by molar-refractivity contribution is 8.01. The Balaban J connectivity index is 1.46. The van der Waals surface area contributed by atoms with E-state index in [4.69, 9.17) is 4.84 Å². The molecule has 2 aliphatic heterocycles. The molecular formula is C25H27F3N10O11S3. The molecule has 1 fully saturated rings. The molecule has 4 rings (SSSR count). The maximum atomic E-state index is 13.2. The van der Waals surface area contributed by atoms with Crippen molar-refractivity contribution >= 4 is 81.5 Å².